The molecule has 0 aliphatic carbocycles. The van der Waals surface area contributed by atoms with Gasteiger partial charge < -0.3 is 23.7 Å². The van der Waals surface area contributed by atoms with E-state index in [4.69, 9.17) is 23.7 Å². The molecule has 0 amide bonds. The fraction of sp³-hybridized carbons (Fsp3) is 0.600. The van der Waals surface area contributed by atoms with Gasteiger partial charge in [-0.1, -0.05) is 19.1 Å². The van der Waals surface area contributed by atoms with Gasteiger partial charge in [-0.3, -0.25) is 9.59 Å². The van der Waals surface area contributed by atoms with Gasteiger partial charge in [0.05, 0.1) is 19.8 Å². The predicted molar refractivity (Wildman–Crippen MR) is 105 cm³/mol. The van der Waals surface area contributed by atoms with Gasteiger partial charge in [-0.15, -0.1) is 11.8 Å². The third kappa shape index (κ3) is 6.12. The maximum Gasteiger partial charge on any atom is 0.303 e. The van der Waals surface area contributed by atoms with E-state index in [0.717, 1.165) is 17.1 Å². The molecule has 1 heterocycles. The van der Waals surface area contributed by atoms with Crippen LogP contribution < -0.4 is 4.74 Å². The number of esters is 2. The van der Waals surface area contributed by atoms with Gasteiger partial charge in [0.1, 0.15) is 17.3 Å². The van der Waals surface area contributed by atoms with Crippen LogP contribution >= 0.6 is 11.8 Å². The molecule has 1 fully saturated rings. The number of hydrogen-bond acceptors (Lipinski definition) is 8. The molecule has 5 atom stereocenters. The summed E-state index contributed by atoms with van der Waals surface area (Å²) in [6.45, 7) is 6.74. The molecule has 1 aromatic carbocycles. The van der Waals surface area contributed by atoms with Gasteiger partial charge in [0, 0.05) is 13.8 Å². The SMILES string of the molecule is CCS[C@H]1O[C@@H](C)[C@@H](OC(C)=O)[C@@H](OC(C)=O)[C@@H]1OCc1ccc(OC)cc1. The molecule has 28 heavy (non-hydrogen) atoms. The van der Waals surface area contributed by atoms with Gasteiger partial charge in [-0.05, 0) is 30.4 Å². The average molecular weight is 413 g/mol. The topological polar surface area (TPSA) is 80.3 Å². The quantitative estimate of drug-likeness (QED) is 0.603. The van der Waals surface area contributed by atoms with Crippen molar-refractivity contribution in [1.29, 1.82) is 0 Å². The first-order valence-corrected chi connectivity index (χ1v) is 10.3. The Bertz CT molecular complexity index is 648. The van der Waals surface area contributed by atoms with Gasteiger partial charge in [-0.25, -0.2) is 0 Å². The van der Waals surface area contributed by atoms with Crippen molar-refractivity contribution in [3.8, 4) is 5.75 Å². The molecular formula is C20H28O7S. The van der Waals surface area contributed by atoms with Crippen LogP contribution in [0.5, 0.6) is 5.75 Å². The first kappa shape index (κ1) is 22.5. The lowest BCUT2D eigenvalue weighted by atomic mass is 10.00. The van der Waals surface area contributed by atoms with Gasteiger partial charge >= 0.3 is 11.9 Å². The van der Waals surface area contributed by atoms with E-state index in [2.05, 4.69) is 0 Å². The van der Waals surface area contributed by atoms with Crippen molar-refractivity contribution in [2.75, 3.05) is 12.9 Å². The highest BCUT2D eigenvalue weighted by molar-refractivity contribution is 7.99. The largest absolute Gasteiger partial charge is 0.497 e. The van der Waals surface area contributed by atoms with E-state index in [1.165, 1.54) is 13.8 Å². The minimum atomic E-state index is -0.757. The monoisotopic (exact) mass is 412 g/mol. The predicted octanol–water partition coefficient (Wildman–Crippen LogP) is 2.94. The van der Waals surface area contributed by atoms with Crippen molar-refractivity contribution in [2.24, 2.45) is 0 Å². The number of carbonyl (C=O) groups excluding carboxylic acids is 2. The lowest BCUT2D eigenvalue weighted by Crippen LogP contribution is -2.59. The summed E-state index contributed by atoms with van der Waals surface area (Å²) >= 11 is 1.56. The van der Waals surface area contributed by atoms with E-state index in [1.807, 2.05) is 31.2 Å². The zero-order valence-corrected chi connectivity index (χ0v) is 17.7. The van der Waals surface area contributed by atoms with Crippen LogP contribution in [0.4, 0.5) is 0 Å². The minimum absolute atomic E-state index is 0.289. The molecule has 0 spiro atoms. The van der Waals surface area contributed by atoms with Crippen LogP contribution in [0.1, 0.15) is 33.3 Å². The van der Waals surface area contributed by atoms with E-state index in [-0.39, 0.29) is 12.0 Å². The Hall–Kier alpha value is -1.77. The maximum atomic E-state index is 11.7. The second-order valence-electron chi connectivity index (χ2n) is 6.44. The number of carbonyl (C=O) groups is 2. The normalized spacial score (nSPS) is 27.1. The van der Waals surface area contributed by atoms with Crippen LogP contribution in [-0.2, 0) is 35.1 Å². The molecule has 8 heteroatoms. The minimum Gasteiger partial charge on any atom is -0.497 e. The molecule has 0 bridgehead atoms. The zero-order chi connectivity index (χ0) is 20.7. The zero-order valence-electron chi connectivity index (χ0n) is 16.9. The highest BCUT2D eigenvalue weighted by Crippen LogP contribution is 2.34. The van der Waals surface area contributed by atoms with Crippen molar-refractivity contribution in [3.05, 3.63) is 29.8 Å². The summed E-state index contributed by atoms with van der Waals surface area (Å²) in [5.74, 6) is 0.624. The fourth-order valence-corrected chi connectivity index (χ4v) is 4.05. The first-order valence-electron chi connectivity index (χ1n) is 9.21. The van der Waals surface area contributed by atoms with Gasteiger partial charge in [0.2, 0.25) is 0 Å². The van der Waals surface area contributed by atoms with Crippen molar-refractivity contribution >= 4 is 23.7 Å². The second-order valence-corrected chi connectivity index (χ2v) is 7.81. The molecule has 0 N–H and O–H groups in total. The standard InChI is InChI=1S/C20H28O7S/c1-6-28-20-19(24-11-15-7-9-16(23-5)10-8-15)18(27-14(4)22)17(12(2)25-20)26-13(3)21/h7-10,12,17-20H,6,11H2,1-5H3/t12-,17+,18+,19-,20+/m0/s1. The highest BCUT2D eigenvalue weighted by atomic mass is 32.2. The summed E-state index contributed by atoms with van der Waals surface area (Å²) < 4.78 is 28.3. The summed E-state index contributed by atoms with van der Waals surface area (Å²) in [6, 6.07) is 7.50. The summed E-state index contributed by atoms with van der Waals surface area (Å²) in [5, 5.41) is 0. The maximum absolute atomic E-state index is 11.7. The summed E-state index contributed by atoms with van der Waals surface area (Å²) in [5.41, 5.74) is 0.583. The van der Waals surface area contributed by atoms with Crippen LogP contribution in [0.15, 0.2) is 24.3 Å². The molecule has 7 nitrogen and oxygen atoms in total. The van der Waals surface area contributed by atoms with Crippen LogP contribution in [-0.4, -0.2) is 54.7 Å². The lowest BCUT2D eigenvalue weighted by Gasteiger charge is -2.44. The van der Waals surface area contributed by atoms with Crippen LogP contribution in [0.2, 0.25) is 0 Å². The van der Waals surface area contributed by atoms with Crippen LogP contribution in [0.3, 0.4) is 0 Å². The second kappa shape index (κ2) is 10.7. The summed E-state index contributed by atoms with van der Waals surface area (Å²) in [6.07, 6.45) is -2.52. The number of benzene rings is 1. The third-order valence-corrected chi connectivity index (χ3v) is 5.31. The van der Waals surface area contributed by atoms with Gasteiger partial charge in [0.25, 0.3) is 0 Å². The molecule has 2 rings (SSSR count). The van der Waals surface area contributed by atoms with E-state index >= 15 is 0 Å². The van der Waals surface area contributed by atoms with E-state index in [9.17, 15) is 9.59 Å². The molecule has 0 aromatic heterocycles. The van der Waals surface area contributed by atoms with E-state index < -0.39 is 36.4 Å². The Morgan fingerprint density at radius 2 is 1.64 bits per heavy atom. The van der Waals surface area contributed by atoms with Crippen molar-refractivity contribution in [2.45, 2.75) is 64.2 Å². The summed E-state index contributed by atoms with van der Waals surface area (Å²) in [4.78, 5) is 23.3. The fourth-order valence-electron chi connectivity index (χ4n) is 3.04. The molecule has 1 saturated heterocycles. The number of rotatable bonds is 8. The molecule has 0 radical (unpaired) electrons. The van der Waals surface area contributed by atoms with Crippen molar-refractivity contribution in [3.63, 3.8) is 0 Å². The Balaban J connectivity index is 2.22. The number of methoxy groups -OCH3 is 1. The van der Waals surface area contributed by atoms with Crippen LogP contribution in [0, 0.1) is 0 Å². The Kier molecular flexibility index (Phi) is 8.59. The lowest BCUT2D eigenvalue weighted by molar-refractivity contribution is -0.232. The van der Waals surface area contributed by atoms with E-state index in [1.54, 1.807) is 25.8 Å². The first-order chi connectivity index (χ1) is 13.3. The number of hydrogen-bond donors (Lipinski definition) is 0. The van der Waals surface area contributed by atoms with Gasteiger partial charge in [-0.2, -0.15) is 0 Å². The molecular weight excluding hydrogens is 384 g/mol. The molecule has 156 valence electrons. The van der Waals surface area contributed by atoms with Gasteiger partial charge in [0.15, 0.2) is 12.2 Å². The molecule has 1 aliphatic heterocycles. The number of thioether (sulfide) groups is 1. The third-order valence-electron chi connectivity index (χ3n) is 4.26. The number of ether oxygens (including phenoxy) is 5. The molecule has 1 aliphatic rings. The smallest absolute Gasteiger partial charge is 0.303 e. The van der Waals surface area contributed by atoms with Crippen LogP contribution in [0.25, 0.3) is 0 Å². The molecule has 0 saturated carbocycles. The Labute approximate surface area is 170 Å². The average Bonchev–Trinajstić information content (AvgIpc) is 2.64. The molecule has 1 aromatic rings. The highest BCUT2D eigenvalue weighted by Gasteiger charge is 2.49. The Morgan fingerprint density at radius 1 is 1.04 bits per heavy atom. The Morgan fingerprint density at radius 3 is 2.18 bits per heavy atom. The van der Waals surface area contributed by atoms with E-state index in [0.29, 0.717) is 0 Å². The summed E-state index contributed by atoms with van der Waals surface area (Å²) in [7, 11) is 1.61. The van der Waals surface area contributed by atoms with Crippen molar-refractivity contribution in [1.82, 2.24) is 0 Å². The van der Waals surface area contributed by atoms with Crippen molar-refractivity contribution < 1.29 is 33.3 Å². The molecule has 0 unspecified atom stereocenters.